The summed E-state index contributed by atoms with van der Waals surface area (Å²) in [6.07, 6.45) is -4.35. The number of halogens is 3. The molecule has 3 rings (SSSR count). The van der Waals surface area contributed by atoms with Crippen molar-refractivity contribution in [1.29, 1.82) is 0 Å². The molecule has 0 aliphatic heterocycles. The zero-order valence-corrected chi connectivity index (χ0v) is 15.0. The number of aromatic nitrogens is 1. The first kappa shape index (κ1) is 18.9. The van der Waals surface area contributed by atoms with Crippen LogP contribution in [0, 0.1) is 0 Å². The predicted octanol–water partition coefficient (Wildman–Crippen LogP) is 5.37. The molecule has 0 fully saturated rings. The minimum absolute atomic E-state index is 0.151. The van der Waals surface area contributed by atoms with E-state index in [0.717, 1.165) is 12.1 Å². The lowest BCUT2D eigenvalue weighted by Crippen LogP contribution is -2.05. The fourth-order valence-electron chi connectivity index (χ4n) is 2.30. The average molecular weight is 392 g/mol. The van der Waals surface area contributed by atoms with Gasteiger partial charge in [-0.1, -0.05) is 12.1 Å². The molecule has 8 heteroatoms. The molecule has 0 radical (unpaired) electrons. The summed E-state index contributed by atoms with van der Waals surface area (Å²) in [4.78, 5) is 15.4. The average Bonchev–Trinajstić information content (AvgIpc) is 3.09. The highest BCUT2D eigenvalue weighted by Crippen LogP contribution is 2.32. The van der Waals surface area contributed by atoms with E-state index in [2.05, 4.69) is 10.3 Å². The number of hydrogen-bond acceptors (Lipinski definition) is 4. The van der Waals surface area contributed by atoms with E-state index in [1.807, 2.05) is 0 Å². The van der Waals surface area contributed by atoms with Crippen LogP contribution >= 0.6 is 11.3 Å². The number of nitrogens with zero attached hydrogens (tertiary/aromatic N) is 1. The first-order valence-electron chi connectivity index (χ1n) is 7.94. The summed E-state index contributed by atoms with van der Waals surface area (Å²) in [5.41, 5.74) is 1.29. The van der Waals surface area contributed by atoms with E-state index in [-0.39, 0.29) is 12.5 Å². The van der Waals surface area contributed by atoms with Gasteiger partial charge in [0.1, 0.15) is 17.4 Å². The van der Waals surface area contributed by atoms with Gasteiger partial charge in [-0.05, 0) is 36.4 Å². The molecule has 0 unspecified atom stereocenters. The molecule has 0 saturated carbocycles. The SMILES string of the molecule is CC(=O)Nc1ccc(OCc2csc(-c3ccc(C(F)(F)F)cc3)n2)cc1. The maximum Gasteiger partial charge on any atom is 0.416 e. The van der Waals surface area contributed by atoms with E-state index >= 15 is 0 Å². The molecule has 140 valence electrons. The molecular weight excluding hydrogens is 377 g/mol. The molecule has 2 aromatic carbocycles. The minimum Gasteiger partial charge on any atom is -0.487 e. The molecular formula is C19H15F3N2O2S. The molecule has 0 aliphatic carbocycles. The number of thiazole rings is 1. The van der Waals surface area contributed by atoms with Crippen molar-refractivity contribution in [1.82, 2.24) is 4.98 Å². The third-order valence-electron chi connectivity index (χ3n) is 3.57. The summed E-state index contributed by atoms with van der Waals surface area (Å²) in [7, 11) is 0. The fourth-order valence-corrected chi connectivity index (χ4v) is 3.11. The smallest absolute Gasteiger partial charge is 0.416 e. The van der Waals surface area contributed by atoms with Crippen molar-refractivity contribution in [2.24, 2.45) is 0 Å². The van der Waals surface area contributed by atoms with Gasteiger partial charge in [0.25, 0.3) is 0 Å². The Morgan fingerprint density at radius 2 is 1.78 bits per heavy atom. The van der Waals surface area contributed by atoms with Crippen molar-refractivity contribution in [2.75, 3.05) is 5.32 Å². The number of alkyl halides is 3. The van der Waals surface area contributed by atoms with Crippen molar-refractivity contribution in [3.63, 3.8) is 0 Å². The zero-order valence-electron chi connectivity index (χ0n) is 14.2. The van der Waals surface area contributed by atoms with Crippen LogP contribution in [-0.4, -0.2) is 10.9 Å². The van der Waals surface area contributed by atoms with Gasteiger partial charge in [-0.15, -0.1) is 11.3 Å². The van der Waals surface area contributed by atoms with Gasteiger partial charge in [0.2, 0.25) is 5.91 Å². The number of nitrogens with one attached hydrogen (secondary N) is 1. The molecule has 1 N–H and O–H groups in total. The third-order valence-corrected chi connectivity index (χ3v) is 4.51. The third kappa shape index (κ3) is 5.07. The van der Waals surface area contributed by atoms with Gasteiger partial charge >= 0.3 is 6.18 Å². The number of ether oxygens (including phenoxy) is 1. The molecule has 0 spiro atoms. The molecule has 4 nitrogen and oxygen atoms in total. The highest BCUT2D eigenvalue weighted by atomic mass is 32.1. The normalized spacial score (nSPS) is 11.3. The number of rotatable bonds is 5. The molecule has 0 saturated heterocycles. The lowest BCUT2D eigenvalue weighted by atomic mass is 10.1. The van der Waals surface area contributed by atoms with Crippen molar-refractivity contribution in [2.45, 2.75) is 19.7 Å². The predicted molar refractivity (Wildman–Crippen MR) is 97.6 cm³/mol. The second-order valence-corrected chi connectivity index (χ2v) is 6.57. The number of benzene rings is 2. The van der Waals surface area contributed by atoms with E-state index in [0.29, 0.717) is 27.7 Å². The van der Waals surface area contributed by atoms with Crippen LogP contribution in [0.15, 0.2) is 53.9 Å². The molecule has 1 amide bonds. The lowest BCUT2D eigenvalue weighted by molar-refractivity contribution is -0.137. The van der Waals surface area contributed by atoms with Gasteiger partial charge in [0.15, 0.2) is 0 Å². The molecule has 27 heavy (non-hydrogen) atoms. The van der Waals surface area contributed by atoms with E-state index < -0.39 is 11.7 Å². The topological polar surface area (TPSA) is 51.2 Å². The molecule has 0 aliphatic rings. The summed E-state index contributed by atoms with van der Waals surface area (Å²) < 4.78 is 43.5. The Bertz CT molecular complexity index is 919. The van der Waals surface area contributed by atoms with Crippen LogP contribution in [0.2, 0.25) is 0 Å². The lowest BCUT2D eigenvalue weighted by Gasteiger charge is -2.07. The van der Waals surface area contributed by atoms with Crippen LogP contribution in [0.5, 0.6) is 5.75 Å². The van der Waals surface area contributed by atoms with Gasteiger partial charge in [-0.3, -0.25) is 4.79 Å². The Morgan fingerprint density at radius 1 is 1.11 bits per heavy atom. The van der Waals surface area contributed by atoms with Crippen LogP contribution in [0.3, 0.4) is 0 Å². The van der Waals surface area contributed by atoms with E-state index in [9.17, 15) is 18.0 Å². The summed E-state index contributed by atoms with van der Waals surface area (Å²) in [5.74, 6) is 0.468. The zero-order chi connectivity index (χ0) is 19.4. The van der Waals surface area contributed by atoms with Gasteiger partial charge in [-0.25, -0.2) is 4.98 Å². The van der Waals surface area contributed by atoms with Crippen LogP contribution in [0.25, 0.3) is 10.6 Å². The summed E-state index contributed by atoms with van der Waals surface area (Å²) in [6.45, 7) is 1.66. The number of anilines is 1. The Labute approximate surface area is 157 Å². The standard InChI is InChI=1S/C19H15F3N2O2S/c1-12(25)23-15-6-8-17(9-7-15)26-10-16-11-27-18(24-16)13-2-4-14(5-3-13)19(20,21)22/h2-9,11H,10H2,1H3,(H,23,25). The quantitative estimate of drug-likeness (QED) is 0.635. The van der Waals surface area contributed by atoms with Gasteiger partial charge in [0.05, 0.1) is 11.3 Å². The molecule has 1 aromatic heterocycles. The summed E-state index contributed by atoms with van der Waals surface area (Å²) in [5, 5.41) is 5.10. The van der Waals surface area contributed by atoms with Crippen LogP contribution in [0.1, 0.15) is 18.2 Å². The Hall–Kier alpha value is -2.87. The van der Waals surface area contributed by atoms with Crippen LogP contribution < -0.4 is 10.1 Å². The van der Waals surface area contributed by atoms with Gasteiger partial charge in [-0.2, -0.15) is 13.2 Å². The minimum atomic E-state index is -4.35. The van der Waals surface area contributed by atoms with Gasteiger partial charge < -0.3 is 10.1 Å². The van der Waals surface area contributed by atoms with Crippen molar-refractivity contribution in [3.8, 4) is 16.3 Å². The first-order chi connectivity index (χ1) is 12.8. The van der Waals surface area contributed by atoms with E-state index in [4.69, 9.17) is 4.74 Å². The van der Waals surface area contributed by atoms with E-state index in [1.165, 1.54) is 30.4 Å². The molecule has 0 atom stereocenters. The summed E-state index contributed by atoms with van der Waals surface area (Å²) in [6, 6.07) is 11.8. The van der Waals surface area contributed by atoms with Crippen molar-refractivity contribution in [3.05, 3.63) is 65.2 Å². The van der Waals surface area contributed by atoms with Crippen LogP contribution in [0.4, 0.5) is 18.9 Å². The second-order valence-electron chi connectivity index (χ2n) is 5.71. The van der Waals surface area contributed by atoms with Gasteiger partial charge in [0, 0.05) is 23.6 Å². The number of carbonyl (C=O) groups is 1. The highest BCUT2D eigenvalue weighted by molar-refractivity contribution is 7.13. The van der Waals surface area contributed by atoms with E-state index in [1.54, 1.807) is 29.6 Å². The fraction of sp³-hybridized carbons (Fsp3) is 0.158. The van der Waals surface area contributed by atoms with Crippen molar-refractivity contribution >= 4 is 22.9 Å². The number of carbonyl (C=O) groups excluding carboxylic acids is 1. The monoisotopic (exact) mass is 392 g/mol. The first-order valence-corrected chi connectivity index (χ1v) is 8.82. The molecule has 0 bridgehead atoms. The number of hydrogen-bond donors (Lipinski definition) is 1. The largest absolute Gasteiger partial charge is 0.487 e. The Morgan fingerprint density at radius 3 is 2.37 bits per heavy atom. The Balaban J connectivity index is 1.62. The molecule has 3 aromatic rings. The second kappa shape index (κ2) is 7.79. The maximum atomic E-state index is 12.6. The molecule has 1 heterocycles. The van der Waals surface area contributed by atoms with Crippen molar-refractivity contribution < 1.29 is 22.7 Å². The number of amides is 1. The van der Waals surface area contributed by atoms with Crippen LogP contribution in [-0.2, 0) is 17.6 Å². The maximum absolute atomic E-state index is 12.6. The Kier molecular flexibility index (Phi) is 5.46. The summed E-state index contributed by atoms with van der Waals surface area (Å²) >= 11 is 1.34. The highest BCUT2D eigenvalue weighted by Gasteiger charge is 2.30.